The maximum atomic E-state index is 14.0. The maximum absolute atomic E-state index is 14.0. The van der Waals surface area contributed by atoms with Crippen molar-refractivity contribution in [2.45, 2.75) is 56.1 Å². The summed E-state index contributed by atoms with van der Waals surface area (Å²) < 4.78 is 5.42. The van der Waals surface area contributed by atoms with Crippen molar-refractivity contribution in [3.63, 3.8) is 0 Å². The number of aryl methyl sites for hydroxylation is 2. The number of hydrogen-bond donors (Lipinski definition) is 2. The number of ether oxygens (including phenoxy) is 1. The van der Waals surface area contributed by atoms with Crippen LogP contribution in [0.25, 0.3) is 0 Å². The molecule has 0 saturated heterocycles. The molecule has 2 amide bonds. The van der Waals surface area contributed by atoms with Crippen molar-refractivity contribution in [2.24, 2.45) is 0 Å². The van der Waals surface area contributed by atoms with Gasteiger partial charge in [-0.2, -0.15) is 0 Å². The number of anilines is 2. The minimum absolute atomic E-state index is 0.196. The molecular formula is C34H34N2O4S2. The number of esters is 1. The molecule has 216 valence electrons. The number of benzene rings is 3. The molecule has 0 radical (unpaired) electrons. The minimum Gasteiger partial charge on any atom is -0.462 e. The lowest BCUT2D eigenvalue weighted by molar-refractivity contribution is -0.115. The molecule has 0 bridgehead atoms. The molecule has 1 aromatic heterocycles. The van der Waals surface area contributed by atoms with Crippen LogP contribution in [0.15, 0.2) is 83.8 Å². The molecule has 0 fully saturated rings. The van der Waals surface area contributed by atoms with Gasteiger partial charge in [0.2, 0.25) is 5.91 Å². The van der Waals surface area contributed by atoms with Gasteiger partial charge >= 0.3 is 5.97 Å². The lowest BCUT2D eigenvalue weighted by Crippen LogP contribution is -2.20. The van der Waals surface area contributed by atoms with Crippen molar-refractivity contribution in [1.29, 1.82) is 0 Å². The predicted octanol–water partition coefficient (Wildman–Crippen LogP) is 8.23. The summed E-state index contributed by atoms with van der Waals surface area (Å²) in [6.07, 6.45) is 4.93. The molecule has 8 heteroatoms. The average Bonchev–Trinajstić information content (AvgIpc) is 3.16. The fourth-order valence-electron chi connectivity index (χ4n) is 5.02. The Morgan fingerprint density at radius 2 is 1.67 bits per heavy atom. The van der Waals surface area contributed by atoms with E-state index < -0.39 is 5.25 Å². The van der Waals surface area contributed by atoms with E-state index in [0.29, 0.717) is 21.8 Å². The third-order valence-corrected chi connectivity index (χ3v) is 9.59. The summed E-state index contributed by atoms with van der Waals surface area (Å²) in [6, 6.07) is 24.5. The Morgan fingerprint density at radius 3 is 2.43 bits per heavy atom. The molecule has 0 saturated carbocycles. The van der Waals surface area contributed by atoms with Crippen LogP contribution in [0.2, 0.25) is 0 Å². The number of thioether (sulfide) groups is 1. The van der Waals surface area contributed by atoms with Gasteiger partial charge in [-0.1, -0.05) is 60.5 Å². The van der Waals surface area contributed by atoms with Gasteiger partial charge in [0, 0.05) is 21.0 Å². The average molecular weight is 599 g/mol. The summed E-state index contributed by atoms with van der Waals surface area (Å²) in [4.78, 5) is 41.8. The van der Waals surface area contributed by atoms with E-state index in [9.17, 15) is 14.4 Å². The highest BCUT2D eigenvalue weighted by molar-refractivity contribution is 8.00. The number of fused-ring (bicyclic) bond motifs is 1. The summed E-state index contributed by atoms with van der Waals surface area (Å²) in [7, 11) is 0. The van der Waals surface area contributed by atoms with Gasteiger partial charge in [-0.05, 0) is 81.0 Å². The van der Waals surface area contributed by atoms with E-state index >= 15 is 0 Å². The van der Waals surface area contributed by atoms with Crippen LogP contribution in [0, 0.1) is 6.92 Å². The number of amides is 2. The predicted molar refractivity (Wildman–Crippen MR) is 171 cm³/mol. The first-order chi connectivity index (χ1) is 20.4. The van der Waals surface area contributed by atoms with Crippen molar-refractivity contribution in [3.05, 3.63) is 112 Å². The zero-order chi connectivity index (χ0) is 29.5. The monoisotopic (exact) mass is 598 g/mol. The Labute approximate surface area is 254 Å². The molecule has 1 aliphatic carbocycles. The molecule has 3 aromatic carbocycles. The first-order valence-electron chi connectivity index (χ1n) is 14.2. The number of rotatable bonds is 9. The fourth-order valence-corrected chi connectivity index (χ4v) is 7.38. The molecule has 6 nitrogen and oxygen atoms in total. The SMILES string of the molecule is CCOC(=O)c1c(NC(=O)C(Sc2cccc(NC(=O)c3ccc(C)cc3)c2)c2ccccc2)sc2c1CCCCC2. The Hall–Kier alpha value is -3.88. The molecule has 4 aromatic rings. The van der Waals surface area contributed by atoms with E-state index in [1.54, 1.807) is 19.1 Å². The summed E-state index contributed by atoms with van der Waals surface area (Å²) in [5, 5.41) is 6.04. The second-order valence-electron chi connectivity index (χ2n) is 10.2. The Morgan fingerprint density at radius 1 is 0.905 bits per heavy atom. The molecule has 2 N–H and O–H groups in total. The van der Waals surface area contributed by atoms with E-state index in [1.165, 1.54) is 23.1 Å². The first kappa shape index (κ1) is 29.6. The van der Waals surface area contributed by atoms with Gasteiger partial charge in [-0.25, -0.2) is 4.79 Å². The van der Waals surface area contributed by atoms with Gasteiger partial charge in [0.1, 0.15) is 10.3 Å². The van der Waals surface area contributed by atoms with Gasteiger partial charge in [0.05, 0.1) is 12.2 Å². The highest BCUT2D eigenvalue weighted by Crippen LogP contribution is 2.41. The third-order valence-electron chi connectivity index (χ3n) is 7.14. The molecule has 1 heterocycles. The number of nitrogens with one attached hydrogen (secondary N) is 2. The molecule has 1 atom stereocenters. The summed E-state index contributed by atoms with van der Waals surface area (Å²) in [5.41, 5.74) is 4.67. The highest BCUT2D eigenvalue weighted by atomic mass is 32.2. The van der Waals surface area contributed by atoms with Crippen molar-refractivity contribution >= 4 is 51.6 Å². The summed E-state index contributed by atoms with van der Waals surface area (Å²) >= 11 is 2.89. The number of carbonyl (C=O) groups is 3. The van der Waals surface area contributed by atoms with Crippen molar-refractivity contribution in [2.75, 3.05) is 17.2 Å². The Kier molecular flexibility index (Phi) is 9.77. The molecule has 42 heavy (non-hydrogen) atoms. The second-order valence-corrected chi connectivity index (χ2v) is 12.5. The zero-order valence-corrected chi connectivity index (χ0v) is 25.4. The van der Waals surface area contributed by atoms with Gasteiger partial charge < -0.3 is 15.4 Å². The van der Waals surface area contributed by atoms with Crippen LogP contribution in [-0.2, 0) is 22.4 Å². The van der Waals surface area contributed by atoms with Crippen LogP contribution in [0.4, 0.5) is 10.7 Å². The number of carbonyl (C=O) groups excluding carboxylic acids is 3. The standard InChI is InChI=1S/C34H34N2O4S2/c1-3-40-34(39)29-27-15-8-5-9-16-28(27)42-33(29)36-32(38)30(23-11-6-4-7-12-23)41-26-14-10-13-25(21-26)35-31(37)24-19-17-22(2)18-20-24/h4,6-7,10-14,17-21,30H,3,5,8-9,15-16H2,1-2H3,(H,35,37)(H,36,38). The van der Waals surface area contributed by atoms with Gasteiger partial charge in [0.25, 0.3) is 5.91 Å². The summed E-state index contributed by atoms with van der Waals surface area (Å²) in [5.74, 6) is -0.797. The number of thiophene rings is 1. The van der Waals surface area contributed by atoms with Gasteiger partial charge in [-0.15, -0.1) is 23.1 Å². The van der Waals surface area contributed by atoms with Crippen molar-refractivity contribution < 1.29 is 19.1 Å². The quantitative estimate of drug-likeness (QED) is 0.115. The van der Waals surface area contributed by atoms with Crippen LogP contribution >= 0.6 is 23.1 Å². The fraction of sp³-hybridized carbons (Fsp3) is 0.265. The zero-order valence-electron chi connectivity index (χ0n) is 23.8. The third kappa shape index (κ3) is 7.12. The second kappa shape index (κ2) is 13.9. The Bertz CT molecular complexity index is 1560. The van der Waals surface area contributed by atoms with E-state index in [0.717, 1.165) is 58.6 Å². The van der Waals surface area contributed by atoms with Crippen molar-refractivity contribution in [1.82, 2.24) is 0 Å². The smallest absolute Gasteiger partial charge is 0.341 e. The van der Waals surface area contributed by atoms with Crippen LogP contribution in [0.3, 0.4) is 0 Å². The van der Waals surface area contributed by atoms with Crippen LogP contribution in [0.1, 0.15) is 73.7 Å². The molecule has 1 unspecified atom stereocenters. The molecule has 0 aliphatic heterocycles. The van der Waals surface area contributed by atoms with Gasteiger partial charge in [0.15, 0.2) is 0 Å². The topological polar surface area (TPSA) is 84.5 Å². The van der Waals surface area contributed by atoms with Crippen LogP contribution in [-0.4, -0.2) is 24.4 Å². The lowest BCUT2D eigenvalue weighted by Gasteiger charge is -2.18. The Balaban J connectivity index is 1.40. The van der Waals surface area contributed by atoms with E-state index in [1.807, 2.05) is 73.7 Å². The maximum Gasteiger partial charge on any atom is 0.341 e. The number of hydrogen-bond acceptors (Lipinski definition) is 6. The molecule has 5 rings (SSSR count). The first-order valence-corrected chi connectivity index (χ1v) is 15.9. The minimum atomic E-state index is -0.591. The molecular weight excluding hydrogens is 565 g/mol. The summed E-state index contributed by atoms with van der Waals surface area (Å²) in [6.45, 7) is 4.05. The van der Waals surface area contributed by atoms with E-state index in [2.05, 4.69) is 10.6 Å². The van der Waals surface area contributed by atoms with Crippen LogP contribution < -0.4 is 10.6 Å². The highest BCUT2D eigenvalue weighted by Gasteiger charge is 2.29. The normalized spacial score (nSPS) is 13.4. The van der Waals surface area contributed by atoms with Gasteiger partial charge in [-0.3, -0.25) is 9.59 Å². The molecule has 1 aliphatic rings. The van der Waals surface area contributed by atoms with Crippen molar-refractivity contribution in [3.8, 4) is 0 Å². The molecule has 0 spiro atoms. The lowest BCUT2D eigenvalue weighted by atomic mass is 10.1. The van der Waals surface area contributed by atoms with E-state index in [-0.39, 0.29) is 24.4 Å². The van der Waals surface area contributed by atoms with Crippen LogP contribution in [0.5, 0.6) is 0 Å². The van der Waals surface area contributed by atoms with E-state index in [4.69, 9.17) is 4.74 Å². The largest absolute Gasteiger partial charge is 0.462 e.